The van der Waals surface area contributed by atoms with Crippen LogP contribution in [0.4, 0.5) is 0 Å². The summed E-state index contributed by atoms with van der Waals surface area (Å²) < 4.78 is 0. The Morgan fingerprint density at radius 1 is 2.00 bits per heavy atom. The molecule has 0 spiro atoms. The molecule has 1 unspecified atom stereocenters. The van der Waals surface area contributed by atoms with E-state index in [1.807, 2.05) is 6.92 Å². The summed E-state index contributed by atoms with van der Waals surface area (Å²) in [7, 11) is 0. The van der Waals surface area contributed by atoms with E-state index < -0.39 is 10.8 Å². The first kappa shape index (κ1) is 8.33. The molecule has 1 rings (SSSR count). The Hall–Kier alpha value is -0.770. The monoisotopic (exact) mass is 176 g/mol. The molecule has 0 saturated heterocycles. The topological polar surface area (TPSA) is 61.7 Å². The summed E-state index contributed by atoms with van der Waals surface area (Å²) >= 11 is 5.78. The van der Waals surface area contributed by atoms with Crippen molar-refractivity contribution in [2.45, 2.75) is 18.2 Å². The van der Waals surface area contributed by atoms with Gasteiger partial charge in [0, 0.05) is 0 Å². The van der Waals surface area contributed by atoms with Crippen LogP contribution in [0.25, 0.3) is 0 Å². The highest BCUT2D eigenvalue weighted by molar-refractivity contribution is 6.47. The maximum absolute atomic E-state index is 10.6. The Morgan fingerprint density at radius 3 is 3.00 bits per heavy atom. The number of carboxylic acids is 1. The minimum absolute atomic E-state index is 0.174. The first-order valence-electron chi connectivity index (χ1n) is 3.33. The highest BCUT2D eigenvalue weighted by Gasteiger charge is 2.44. The second kappa shape index (κ2) is 2.70. The smallest absolute Gasteiger partial charge is 0.332 e. The molecule has 0 saturated carbocycles. The molecule has 1 aliphatic heterocycles. The van der Waals surface area contributed by atoms with Gasteiger partial charge in [0.15, 0.2) is 4.87 Å². The van der Waals surface area contributed by atoms with Gasteiger partial charge in [-0.15, -0.1) is 0 Å². The van der Waals surface area contributed by atoms with Crippen LogP contribution >= 0.6 is 11.6 Å². The predicted molar refractivity (Wildman–Crippen MR) is 41.9 cm³/mol. The van der Waals surface area contributed by atoms with Gasteiger partial charge in [-0.25, -0.2) is 4.79 Å². The van der Waals surface area contributed by atoms with Crippen LogP contribution in [-0.2, 0) is 4.79 Å². The molecule has 4 nitrogen and oxygen atoms in total. The van der Waals surface area contributed by atoms with Gasteiger partial charge in [0.2, 0.25) is 0 Å². The van der Waals surface area contributed by atoms with Crippen molar-refractivity contribution in [3.8, 4) is 0 Å². The van der Waals surface area contributed by atoms with Crippen molar-refractivity contribution in [2.75, 3.05) is 6.54 Å². The van der Waals surface area contributed by atoms with Crippen LogP contribution in [0.5, 0.6) is 0 Å². The number of carbonyl (C=O) groups is 1. The number of nitrogens with one attached hydrogen (secondary N) is 1. The molecule has 0 aromatic rings. The molecule has 1 aliphatic rings. The minimum Gasteiger partial charge on any atom is -0.480 e. The molecule has 0 fully saturated rings. The summed E-state index contributed by atoms with van der Waals surface area (Å²) in [5.74, 6) is -1.04. The molecule has 2 N–H and O–H groups in total. The van der Waals surface area contributed by atoms with Gasteiger partial charge in [-0.05, 0) is 6.42 Å². The van der Waals surface area contributed by atoms with Gasteiger partial charge < -0.3 is 10.5 Å². The summed E-state index contributed by atoms with van der Waals surface area (Å²) in [6.07, 6.45) is 0.558. The highest BCUT2D eigenvalue weighted by Crippen LogP contribution is 2.22. The fraction of sp³-hybridized carbons (Fsp3) is 0.667. The van der Waals surface area contributed by atoms with Crippen LogP contribution in [0.1, 0.15) is 13.3 Å². The van der Waals surface area contributed by atoms with E-state index in [0.29, 0.717) is 12.1 Å². The van der Waals surface area contributed by atoms with Crippen molar-refractivity contribution < 1.29 is 9.90 Å². The molecular formula is C6H9ClN2O2. The van der Waals surface area contributed by atoms with E-state index in [4.69, 9.17) is 16.7 Å². The second-order valence-corrected chi connectivity index (χ2v) is 3.00. The number of hydrazone groups is 1. The van der Waals surface area contributed by atoms with Crippen LogP contribution in [0.15, 0.2) is 5.10 Å². The van der Waals surface area contributed by atoms with E-state index in [2.05, 4.69) is 10.5 Å². The molecule has 11 heavy (non-hydrogen) atoms. The van der Waals surface area contributed by atoms with Crippen molar-refractivity contribution in [1.29, 1.82) is 0 Å². The number of aliphatic carboxylic acids is 1. The molecule has 62 valence electrons. The Labute approximate surface area is 69.2 Å². The van der Waals surface area contributed by atoms with Gasteiger partial charge >= 0.3 is 5.97 Å². The van der Waals surface area contributed by atoms with Gasteiger partial charge in [-0.1, -0.05) is 18.5 Å². The summed E-state index contributed by atoms with van der Waals surface area (Å²) in [4.78, 5) is 9.33. The van der Waals surface area contributed by atoms with E-state index in [0.717, 1.165) is 0 Å². The SMILES string of the molecule is CCC1=NNCC1(Cl)C(=O)O. The van der Waals surface area contributed by atoms with Crippen molar-refractivity contribution >= 4 is 23.3 Å². The van der Waals surface area contributed by atoms with Gasteiger partial charge in [0.05, 0.1) is 12.3 Å². The largest absolute Gasteiger partial charge is 0.480 e. The van der Waals surface area contributed by atoms with Crippen LogP contribution in [0.2, 0.25) is 0 Å². The fourth-order valence-corrected chi connectivity index (χ4v) is 1.23. The Kier molecular flexibility index (Phi) is 2.04. The molecule has 1 heterocycles. The maximum atomic E-state index is 10.6. The lowest BCUT2D eigenvalue weighted by molar-refractivity contribution is -0.137. The lowest BCUT2D eigenvalue weighted by Crippen LogP contribution is -2.42. The number of rotatable bonds is 2. The lowest BCUT2D eigenvalue weighted by atomic mass is 10.0. The highest BCUT2D eigenvalue weighted by atomic mass is 35.5. The van der Waals surface area contributed by atoms with Crippen molar-refractivity contribution in [2.24, 2.45) is 5.10 Å². The van der Waals surface area contributed by atoms with Crippen molar-refractivity contribution in [3.05, 3.63) is 0 Å². The zero-order valence-electron chi connectivity index (χ0n) is 6.09. The van der Waals surface area contributed by atoms with Crippen LogP contribution < -0.4 is 5.43 Å². The van der Waals surface area contributed by atoms with Gasteiger partial charge in [0.1, 0.15) is 0 Å². The Morgan fingerprint density at radius 2 is 2.64 bits per heavy atom. The van der Waals surface area contributed by atoms with Gasteiger partial charge in [-0.3, -0.25) is 0 Å². The quantitative estimate of drug-likeness (QED) is 0.600. The molecule has 0 amide bonds. The Balaban J connectivity index is 2.87. The summed E-state index contributed by atoms with van der Waals surface area (Å²) in [6.45, 7) is 2.00. The molecule has 0 aromatic heterocycles. The summed E-state index contributed by atoms with van der Waals surface area (Å²) in [5, 5.41) is 12.5. The predicted octanol–water partition coefficient (Wildman–Crippen LogP) is 0.418. The molecule has 0 aliphatic carbocycles. The third kappa shape index (κ3) is 1.18. The van der Waals surface area contributed by atoms with E-state index in [1.54, 1.807) is 0 Å². The van der Waals surface area contributed by atoms with Crippen LogP contribution in [-0.4, -0.2) is 28.2 Å². The van der Waals surface area contributed by atoms with E-state index in [1.165, 1.54) is 0 Å². The number of halogens is 1. The second-order valence-electron chi connectivity index (χ2n) is 2.35. The third-order valence-corrected chi connectivity index (χ3v) is 2.18. The molecule has 5 heteroatoms. The van der Waals surface area contributed by atoms with E-state index >= 15 is 0 Å². The number of alkyl halides is 1. The van der Waals surface area contributed by atoms with Gasteiger partial charge in [-0.2, -0.15) is 5.10 Å². The first-order chi connectivity index (χ1) is 5.11. The third-order valence-electron chi connectivity index (χ3n) is 1.67. The Bertz CT molecular complexity index is 217. The molecule has 1 atom stereocenters. The fourth-order valence-electron chi connectivity index (χ4n) is 0.993. The maximum Gasteiger partial charge on any atom is 0.332 e. The molecule has 0 radical (unpaired) electrons. The molecule has 0 aromatic carbocycles. The first-order valence-corrected chi connectivity index (χ1v) is 3.71. The van der Waals surface area contributed by atoms with Crippen LogP contribution in [0, 0.1) is 0 Å². The van der Waals surface area contributed by atoms with Gasteiger partial charge in [0.25, 0.3) is 0 Å². The minimum atomic E-state index is -1.31. The number of nitrogens with zero attached hydrogens (tertiary/aromatic N) is 1. The molecule has 0 bridgehead atoms. The van der Waals surface area contributed by atoms with Crippen LogP contribution in [0.3, 0.4) is 0 Å². The van der Waals surface area contributed by atoms with Crippen molar-refractivity contribution in [3.63, 3.8) is 0 Å². The number of hydrogen-bond acceptors (Lipinski definition) is 3. The lowest BCUT2D eigenvalue weighted by Gasteiger charge is -2.14. The van der Waals surface area contributed by atoms with E-state index in [9.17, 15) is 4.79 Å². The normalized spacial score (nSPS) is 29.5. The molecular weight excluding hydrogens is 168 g/mol. The van der Waals surface area contributed by atoms with Crippen molar-refractivity contribution in [1.82, 2.24) is 5.43 Å². The average Bonchev–Trinajstić information content (AvgIpc) is 2.32. The van der Waals surface area contributed by atoms with E-state index in [-0.39, 0.29) is 6.54 Å². The average molecular weight is 177 g/mol. The zero-order chi connectivity index (χ0) is 8.48. The number of carboxylic acid groups (broad SMARTS) is 1. The summed E-state index contributed by atoms with van der Waals surface area (Å²) in [6, 6.07) is 0. The zero-order valence-corrected chi connectivity index (χ0v) is 6.85. The number of hydrogen-bond donors (Lipinski definition) is 2. The standard InChI is InChI=1S/C6H9ClN2O2/c1-2-4-6(7,5(10)11)3-8-9-4/h8H,2-3H2,1H3,(H,10,11). The summed E-state index contributed by atoms with van der Waals surface area (Å²) in [5.41, 5.74) is 3.06.